The maximum Gasteiger partial charge on any atom is 0.184 e. The summed E-state index contributed by atoms with van der Waals surface area (Å²) in [5, 5.41) is 4.59. The Morgan fingerprint density at radius 1 is 1.11 bits per heavy atom. The molecule has 0 fully saturated rings. The second-order valence-corrected chi connectivity index (χ2v) is 7.76. The Morgan fingerprint density at radius 2 is 1.78 bits per heavy atom. The minimum absolute atomic E-state index is 0.0616. The third-order valence-corrected chi connectivity index (χ3v) is 3.66. The summed E-state index contributed by atoms with van der Waals surface area (Å²) < 4.78 is 1.24. The standard InChI is InChI=1S/C15H22N2S/c1-14(2,3)10-15(4,5)17-13-16-11-8-6-7-9-12(11)18-13/h6-9H,10H2,1-5H3,(H,16,17). The second kappa shape index (κ2) is 4.54. The molecule has 2 aromatic rings. The Hall–Kier alpha value is -1.09. The number of benzene rings is 1. The van der Waals surface area contributed by atoms with E-state index in [0.29, 0.717) is 5.41 Å². The quantitative estimate of drug-likeness (QED) is 0.849. The minimum atomic E-state index is 0.0616. The molecule has 1 N–H and O–H groups in total. The van der Waals surface area contributed by atoms with E-state index in [0.717, 1.165) is 17.1 Å². The molecule has 2 rings (SSSR count). The van der Waals surface area contributed by atoms with Gasteiger partial charge in [0.15, 0.2) is 5.13 Å². The van der Waals surface area contributed by atoms with Crippen molar-refractivity contribution in [2.24, 2.45) is 5.41 Å². The lowest BCUT2D eigenvalue weighted by atomic mass is 9.82. The van der Waals surface area contributed by atoms with Crippen LogP contribution in [0.1, 0.15) is 41.0 Å². The first kappa shape index (κ1) is 13.3. The average molecular weight is 262 g/mol. The summed E-state index contributed by atoms with van der Waals surface area (Å²) in [6.45, 7) is 11.3. The van der Waals surface area contributed by atoms with Crippen LogP contribution in [0.4, 0.5) is 5.13 Å². The molecule has 0 amide bonds. The van der Waals surface area contributed by atoms with Crippen molar-refractivity contribution in [1.29, 1.82) is 0 Å². The maximum atomic E-state index is 4.64. The molecule has 0 aliphatic rings. The Labute approximate surface area is 113 Å². The number of thiazole rings is 1. The summed E-state index contributed by atoms with van der Waals surface area (Å²) in [6, 6.07) is 8.28. The fourth-order valence-electron chi connectivity index (χ4n) is 2.59. The molecule has 98 valence electrons. The van der Waals surface area contributed by atoms with Gasteiger partial charge in [-0.2, -0.15) is 0 Å². The predicted octanol–water partition coefficient (Wildman–Crippen LogP) is 4.92. The summed E-state index contributed by atoms with van der Waals surface area (Å²) in [5.41, 5.74) is 1.45. The summed E-state index contributed by atoms with van der Waals surface area (Å²) >= 11 is 1.73. The molecular formula is C15H22N2S. The molecule has 0 radical (unpaired) electrons. The second-order valence-electron chi connectivity index (χ2n) is 6.73. The van der Waals surface area contributed by atoms with Gasteiger partial charge in [-0.25, -0.2) is 4.98 Å². The van der Waals surface area contributed by atoms with Crippen molar-refractivity contribution >= 4 is 26.7 Å². The highest BCUT2D eigenvalue weighted by molar-refractivity contribution is 7.22. The zero-order chi connectivity index (χ0) is 13.4. The fraction of sp³-hybridized carbons (Fsp3) is 0.533. The van der Waals surface area contributed by atoms with Gasteiger partial charge in [0.25, 0.3) is 0 Å². The lowest BCUT2D eigenvalue weighted by Crippen LogP contribution is -2.35. The number of nitrogens with one attached hydrogen (secondary N) is 1. The predicted molar refractivity (Wildman–Crippen MR) is 81.4 cm³/mol. The van der Waals surface area contributed by atoms with Crippen LogP contribution < -0.4 is 5.32 Å². The highest BCUT2D eigenvalue weighted by Crippen LogP contribution is 2.32. The summed E-state index contributed by atoms with van der Waals surface area (Å²) in [7, 11) is 0. The highest BCUT2D eigenvalue weighted by atomic mass is 32.1. The zero-order valence-electron chi connectivity index (χ0n) is 11.9. The fourth-order valence-corrected chi connectivity index (χ4v) is 3.63. The summed E-state index contributed by atoms with van der Waals surface area (Å²) in [4.78, 5) is 4.64. The van der Waals surface area contributed by atoms with Crippen LogP contribution in [0.5, 0.6) is 0 Å². The van der Waals surface area contributed by atoms with E-state index in [1.807, 2.05) is 6.07 Å². The van der Waals surface area contributed by atoms with Crippen molar-refractivity contribution in [2.75, 3.05) is 5.32 Å². The van der Waals surface area contributed by atoms with Crippen molar-refractivity contribution in [2.45, 2.75) is 46.6 Å². The van der Waals surface area contributed by atoms with Gasteiger partial charge >= 0.3 is 0 Å². The van der Waals surface area contributed by atoms with Crippen LogP contribution in [0.3, 0.4) is 0 Å². The molecule has 0 atom stereocenters. The number of nitrogens with zero attached hydrogens (tertiary/aromatic N) is 1. The van der Waals surface area contributed by atoms with Crippen molar-refractivity contribution in [3.63, 3.8) is 0 Å². The molecule has 3 heteroatoms. The van der Waals surface area contributed by atoms with Crippen molar-refractivity contribution < 1.29 is 0 Å². The van der Waals surface area contributed by atoms with E-state index in [1.165, 1.54) is 4.70 Å². The number of fused-ring (bicyclic) bond motifs is 1. The monoisotopic (exact) mass is 262 g/mol. The lowest BCUT2D eigenvalue weighted by molar-refractivity contribution is 0.302. The first-order chi connectivity index (χ1) is 8.25. The van der Waals surface area contributed by atoms with Crippen LogP contribution in [0, 0.1) is 5.41 Å². The first-order valence-corrected chi connectivity index (χ1v) is 7.21. The van der Waals surface area contributed by atoms with E-state index >= 15 is 0 Å². The van der Waals surface area contributed by atoms with E-state index < -0.39 is 0 Å². The summed E-state index contributed by atoms with van der Waals surface area (Å²) in [6.07, 6.45) is 1.11. The Balaban J connectivity index is 2.17. The largest absolute Gasteiger partial charge is 0.357 e. The molecule has 0 unspecified atom stereocenters. The van der Waals surface area contributed by atoms with Gasteiger partial charge in [-0.1, -0.05) is 44.2 Å². The van der Waals surface area contributed by atoms with E-state index in [4.69, 9.17) is 0 Å². The van der Waals surface area contributed by atoms with E-state index in [2.05, 4.69) is 63.1 Å². The molecule has 1 heterocycles. The third kappa shape index (κ3) is 3.45. The maximum absolute atomic E-state index is 4.64. The highest BCUT2D eigenvalue weighted by Gasteiger charge is 2.26. The smallest absolute Gasteiger partial charge is 0.184 e. The molecule has 0 saturated carbocycles. The molecule has 1 aromatic carbocycles. The zero-order valence-corrected chi connectivity index (χ0v) is 12.7. The van der Waals surface area contributed by atoms with Crippen LogP contribution in [-0.2, 0) is 0 Å². The van der Waals surface area contributed by atoms with E-state index in [1.54, 1.807) is 11.3 Å². The number of para-hydroxylation sites is 1. The van der Waals surface area contributed by atoms with Crippen LogP contribution in [0.15, 0.2) is 24.3 Å². The van der Waals surface area contributed by atoms with Gasteiger partial charge in [-0.05, 0) is 37.8 Å². The number of hydrogen-bond acceptors (Lipinski definition) is 3. The van der Waals surface area contributed by atoms with Crippen molar-refractivity contribution in [1.82, 2.24) is 4.98 Å². The number of rotatable bonds is 3. The van der Waals surface area contributed by atoms with Gasteiger partial charge in [-0.15, -0.1) is 0 Å². The van der Waals surface area contributed by atoms with E-state index in [-0.39, 0.29) is 5.54 Å². The van der Waals surface area contributed by atoms with Crippen LogP contribution in [0.2, 0.25) is 0 Å². The molecule has 2 nitrogen and oxygen atoms in total. The number of anilines is 1. The Morgan fingerprint density at radius 3 is 2.39 bits per heavy atom. The first-order valence-electron chi connectivity index (χ1n) is 6.39. The van der Waals surface area contributed by atoms with Crippen molar-refractivity contribution in [3.8, 4) is 0 Å². The minimum Gasteiger partial charge on any atom is -0.357 e. The number of aromatic nitrogens is 1. The molecule has 0 bridgehead atoms. The Kier molecular flexibility index (Phi) is 3.37. The topological polar surface area (TPSA) is 24.9 Å². The molecule has 0 spiro atoms. The van der Waals surface area contributed by atoms with Gasteiger partial charge in [0.2, 0.25) is 0 Å². The van der Waals surface area contributed by atoms with E-state index in [9.17, 15) is 0 Å². The average Bonchev–Trinajstić information content (AvgIpc) is 2.53. The third-order valence-electron chi connectivity index (χ3n) is 2.71. The van der Waals surface area contributed by atoms with Crippen LogP contribution in [0.25, 0.3) is 10.2 Å². The molecule has 1 aromatic heterocycles. The SMILES string of the molecule is CC(C)(C)CC(C)(C)Nc1nc2ccccc2s1. The Bertz CT molecular complexity index is 502. The normalized spacial score (nSPS) is 12.9. The summed E-state index contributed by atoms with van der Waals surface area (Å²) in [5.74, 6) is 0. The van der Waals surface area contributed by atoms with Gasteiger partial charge in [0, 0.05) is 5.54 Å². The number of hydrogen-bond donors (Lipinski definition) is 1. The molecule has 18 heavy (non-hydrogen) atoms. The van der Waals surface area contributed by atoms with Gasteiger partial charge in [-0.3, -0.25) is 0 Å². The van der Waals surface area contributed by atoms with Crippen LogP contribution >= 0.6 is 11.3 Å². The molecule has 0 saturated heterocycles. The lowest BCUT2D eigenvalue weighted by Gasteiger charge is -2.33. The molecule has 0 aliphatic heterocycles. The molecule has 0 aliphatic carbocycles. The molecular weight excluding hydrogens is 240 g/mol. The van der Waals surface area contributed by atoms with Gasteiger partial charge in [0.1, 0.15) is 0 Å². The van der Waals surface area contributed by atoms with Crippen LogP contribution in [-0.4, -0.2) is 10.5 Å². The van der Waals surface area contributed by atoms with Gasteiger partial charge < -0.3 is 5.32 Å². The van der Waals surface area contributed by atoms with Crippen molar-refractivity contribution in [3.05, 3.63) is 24.3 Å². The van der Waals surface area contributed by atoms with Gasteiger partial charge in [0.05, 0.1) is 10.2 Å².